The highest BCUT2D eigenvalue weighted by Crippen LogP contribution is 2.14. The molecule has 0 saturated carbocycles. The Morgan fingerprint density at radius 2 is 1.82 bits per heavy atom. The molecule has 28 heavy (non-hydrogen) atoms. The van der Waals surface area contributed by atoms with Crippen LogP contribution in [0.4, 0.5) is 0 Å². The monoisotopic (exact) mass is 509 g/mol. The highest BCUT2D eigenvalue weighted by molar-refractivity contribution is 14.0. The van der Waals surface area contributed by atoms with Crippen LogP contribution in [0.1, 0.15) is 18.1 Å². The molecule has 3 aromatic rings. The number of imidazole rings is 1. The number of aromatic nitrogens is 2. The summed E-state index contributed by atoms with van der Waals surface area (Å²) >= 11 is 1.83. The van der Waals surface area contributed by atoms with Crippen LogP contribution >= 0.6 is 35.7 Å². The lowest BCUT2D eigenvalue weighted by molar-refractivity contribution is 0.822. The summed E-state index contributed by atoms with van der Waals surface area (Å²) in [4.78, 5) is 9.13. The molecule has 1 heterocycles. The fraction of sp³-hybridized carbons (Fsp3) is 0.333. The number of guanidine groups is 1. The summed E-state index contributed by atoms with van der Waals surface area (Å²) in [6.45, 7) is 5.36. The maximum Gasteiger partial charge on any atom is 0.191 e. The van der Waals surface area contributed by atoms with E-state index in [0.29, 0.717) is 6.54 Å². The van der Waals surface area contributed by atoms with Crippen LogP contribution in [0.2, 0.25) is 0 Å². The highest BCUT2D eigenvalue weighted by Gasteiger charge is 2.03. The van der Waals surface area contributed by atoms with Gasteiger partial charge in [0.1, 0.15) is 0 Å². The van der Waals surface area contributed by atoms with Gasteiger partial charge in [-0.05, 0) is 36.4 Å². The number of rotatable bonds is 8. The van der Waals surface area contributed by atoms with E-state index < -0.39 is 0 Å². The van der Waals surface area contributed by atoms with Crippen molar-refractivity contribution in [2.45, 2.75) is 20.0 Å². The Bertz CT molecular complexity index is 876. The van der Waals surface area contributed by atoms with Crippen LogP contribution < -0.4 is 10.6 Å². The Kier molecular flexibility index (Phi) is 9.63. The Morgan fingerprint density at radius 3 is 2.57 bits per heavy atom. The number of fused-ring (bicyclic) bond motifs is 1. The lowest BCUT2D eigenvalue weighted by atomic mass is 10.1. The summed E-state index contributed by atoms with van der Waals surface area (Å²) in [7, 11) is 0. The molecule has 150 valence electrons. The molecule has 7 heteroatoms. The van der Waals surface area contributed by atoms with Gasteiger partial charge >= 0.3 is 0 Å². The number of para-hydroxylation sites is 2. The molecule has 2 N–H and O–H groups in total. The minimum Gasteiger partial charge on any atom is -0.357 e. The third-order valence-corrected chi connectivity index (χ3v) is 4.88. The minimum absolute atomic E-state index is 0. The molecule has 0 radical (unpaired) electrons. The Balaban J connectivity index is 0.00000280. The summed E-state index contributed by atoms with van der Waals surface area (Å²) in [5.74, 6) is 1.95. The average molecular weight is 509 g/mol. The van der Waals surface area contributed by atoms with Gasteiger partial charge in [-0.25, -0.2) is 9.98 Å². The summed E-state index contributed by atoms with van der Waals surface area (Å²) in [6.07, 6.45) is 4.02. The zero-order valence-electron chi connectivity index (χ0n) is 16.4. The van der Waals surface area contributed by atoms with E-state index in [1.165, 1.54) is 11.1 Å². The van der Waals surface area contributed by atoms with Crippen molar-refractivity contribution in [1.29, 1.82) is 0 Å². The number of nitrogens with zero attached hydrogens (tertiary/aromatic N) is 3. The van der Waals surface area contributed by atoms with Crippen molar-refractivity contribution >= 4 is 52.7 Å². The SMILES string of the molecule is CCNC(=NCc1ccc(Cn2cnc3ccccc32)cc1)NCCSC.I. The van der Waals surface area contributed by atoms with Crippen molar-refractivity contribution in [1.82, 2.24) is 20.2 Å². The van der Waals surface area contributed by atoms with Crippen molar-refractivity contribution in [3.63, 3.8) is 0 Å². The molecule has 2 aromatic carbocycles. The first-order valence-electron chi connectivity index (χ1n) is 9.29. The van der Waals surface area contributed by atoms with Gasteiger partial charge in [-0.15, -0.1) is 24.0 Å². The van der Waals surface area contributed by atoms with Crippen molar-refractivity contribution in [3.05, 3.63) is 66.0 Å². The average Bonchev–Trinajstić information content (AvgIpc) is 3.10. The van der Waals surface area contributed by atoms with Crippen molar-refractivity contribution in [2.75, 3.05) is 25.1 Å². The third-order valence-electron chi connectivity index (χ3n) is 4.27. The highest BCUT2D eigenvalue weighted by atomic mass is 127. The van der Waals surface area contributed by atoms with Crippen LogP contribution in [0.15, 0.2) is 59.9 Å². The fourth-order valence-electron chi connectivity index (χ4n) is 2.87. The smallest absolute Gasteiger partial charge is 0.191 e. The molecule has 0 saturated heterocycles. The van der Waals surface area contributed by atoms with E-state index in [0.717, 1.165) is 42.4 Å². The number of nitrogens with one attached hydrogen (secondary N) is 2. The Morgan fingerprint density at radius 1 is 1.07 bits per heavy atom. The van der Waals surface area contributed by atoms with Crippen LogP contribution in [-0.2, 0) is 13.1 Å². The molecule has 3 rings (SSSR count). The Labute approximate surface area is 188 Å². The molecule has 5 nitrogen and oxygen atoms in total. The van der Waals surface area contributed by atoms with Gasteiger partial charge in [-0.3, -0.25) is 0 Å². The molecular formula is C21H28IN5S. The number of benzene rings is 2. The molecule has 0 amide bonds. The van der Waals surface area contributed by atoms with Gasteiger partial charge < -0.3 is 15.2 Å². The van der Waals surface area contributed by atoms with Crippen molar-refractivity contribution < 1.29 is 0 Å². The maximum absolute atomic E-state index is 4.67. The first-order valence-corrected chi connectivity index (χ1v) is 10.7. The second-order valence-corrected chi connectivity index (χ2v) is 7.28. The molecule has 0 fully saturated rings. The number of halogens is 1. The summed E-state index contributed by atoms with van der Waals surface area (Å²) in [5.41, 5.74) is 4.67. The van der Waals surface area contributed by atoms with Crippen LogP contribution in [0.25, 0.3) is 11.0 Å². The van der Waals surface area contributed by atoms with E-state index in [9.17, 15) is 0 Å². The quantitative estimate of drug-likeness (QED) is 0.208. The van der Waals surface area contributed by atoms with Crippen LogP contribution in [-0.4, -0.2) is 40.6 Å². The largest absolute Gasteiger partial charge is 0.357 e. The molecule has 0 aliphatic carbocycles. The molecule has 0 bridgehead atoms. The van der Waals surface area contributed by atoms with Crippen molar-refractivity contribution in [2.24, 2.45) is 4.99 Å². The zero-order valence-corrected chi connectivity index (χ0v) is 19.5. The van der Waals surface area contributed by atoms with Crippen LogP contribution in [0.5, 0.6) is 0 Å². The fourth-order valence-corrected chi connectivity index (χ4v) is 3.17. The van der Waals surface area contributed by atoms with Gasteiger partial charge in [-0.2, -0.15) is 11.8 Å². The second kappa shape index (κ2) is 12.0. The second-order valence-electron chi connectivity index (χ2n) is 6.29. The normalized spacial score (nSPS) is 11.3. The minimum atomic E-state index is 0. The van der Waals surface area contributed by atoms with E-state index >= 15 is 0 Å². The third kappa shape index (κ3) is 6.41. The summed E-state index contributed by atoms with van der Waals surface area (Å²) in [6, 6.07) is 16.9. The first-order chi connectivity index (χ1) is 13.3. The lowest BCUT2D eigenvalue weighted by Crippen LogP contribution is -2.38. The Hall–Kier alpha value is -1.74. The van der Waals surface area contributed by atoms with Gasteiger partial charge in [0.25, 0.3) is 0 Å². The van der Waals surface area contributed by atoms with Crippen LogP contribution in [0.3, 0.4) is 0 Å². The molecular weight excluding hydrogens is 481 g/mol. The lowest BCUT2D eigenvalue weighted by Gasteiger charge is -2.11. The van der Waals surface area contributed by atoms with Gasteiger partial charge in [0.2, 0.25) is 0 Å². The number of thioether (sulfide) groups is 1. The number of aliphatic imine (C=N–C) groups is 1. The number of hydrogen-bond acceptors (Lipinski definition) is 3. The summed E-state index contributed by atoms with van der Waals surface area (Å²) in [5, 5.41) is 6.65. The maximum atomic E-state index is 4.67. The molecule has 0 spiro atoms. The van der Waals surface area contributed by atoms with Gasteiger partial charge in [0.15, 0.2) is 5.96 Å². The van der Waals surface area contributed by atoms with E-state index in [1.807, 2.05) is 30.2 Å². The van der Waals surface area contributed by atoms with E-state index in [4.69, 9.17) is 0 Å². The predicted octanol–water partition coefficient (Wildman–Crippen LogP) is 4.12. The zero-order chi connectivity index (χ0) is 18.9. The summed E-state index contributed by atoms with van der Waals surface area (Å²) < 4.78 is 2.18. The predicted molar refractivity (Wildman–Crippen MR) is 132 cm³/mol. The van der Waals surface area contributed by atoms with Crippen LogP contribution in [0, 0.1) is 0 Å². The van der Waals surface area contributed by atoms with E-state index in [1.54, 1.807) is 0 Å². The van der Waals surface area contributed by atoms with Gasteiger partial charge in [0.05, 0.1) is 23.9 Å². The van der Waals surface area contributed by atoms with Crippen molar-refractivity contribution in [3.8, 4) is 0 Å². The molecule has 0 atom stereocenters. The number of hydrogen-bond donors (Lipinski definition) is 2. The standard InChI is InChI=1S/C21H27N5S.HI/c1-3-22-21(23-12-13-27-2)24-14-17-8-10-18(11-9-17)15-26-16-25-19-6-4-5-7-20(19)26;/h4-11,16H,3,12-15H2,1-2H3,(H2,22,23,24);1H. The molecule has 0 aliphatic rings. The topological polar surface area (TPSA) is 54.2 Å². The van der Waals surface area contributed by atoms with E-state index in [-0.39, 0.29) is 24.0 Å². The molecule has 0 aliphatic heterocycles. The molecule has 0 unspecified atom stereocenters. The van der Waals surface area contributed by atoms with Gasteiger partial charge in [0, 0.05) is 25.4 Å². The van der Waals surface area contributed by atoms with Gasteiger partial charge in [-0.1, -0.05) is 36.4 Å². The molecule has 1 aromatic heterocycles. The first kappa shape index (κ1) is 22.5. The van der Waals surface area contributed by atoms with E-state index in [2.05, 4.69) is 74.8 Å².